The molecule has 1 saturated heterocycles. The molecule has 0 bridgehead atoms. The number of rotatable bonds is 7. The number of fused-ring (bicyclic) bond motifs is 1. The summed E-state index contributed by atoms with van der Waals surface area (Å²) in [5, 5.41) is 8.50. The van der Waals surface area contributed by atoms with E-state index in [0.717, 1.165) is 76.8 Å². The Bertz CT molecular complexity index is 810. The van der Waals surface area contributed by atoms with Crippen LogP contribution in [0.15, 0.2) is 24.4 Å². The summed E-state index contributed by atoms with van der Waals surface area (Å²) >= 11 is 0. The number of aromatic nitrogens is 3. The number of hydrogen-bond donors (Lipinski definition) is 1. The van der Waals surface area contributed by atoms with Gasteiger partial charge in [-0.3, -0.25) is 14.5 Å². The molecular formula is C23H33N5O. The first-order chi connectivity index (χ1) is 14.3. The highest BCUT2D eigenvalue weighted by Crippen LogP contribution is 2.27. The predicted octanol–water partition coefficient (Wildman–Crippen LogP) is 3.00. The fourth-order valence-corrected chi connectivity index (χ4v) is 4.63. The number of nitrogens with one attached hydrogen (secondary N) is 1. The molecule has 4 rings (SSSR count). The van der Waals surface area contributed by atoms with Crippen LogP contribution in [0, 0.1) is 0 Å². The van der Waals surface area contributed by atoms with Gasteiger partial charge in [-0.15, -0.1) is 0 Å². The molecule has 1 unspecified atom stereocenters. The molecule has 6 heteroatoms. The standard InChI is InChI=1S/C23H33N5O/c1-2-14-28-21-10-9-19(25-13-11-18-8-4-5-12-24-18)17-20(21)22(26-28)23(29)27-15-6-3-7-16-27/h4-5,8,12,19,25H,2-3,6-7,9-11,13-17H2,1H3. The van der Waals surface area contributed by atoms with Crippen LogP contribution in [0.1, 0.15) is 66.5 Å². The Morgan fingerprint density at radius 2 is 2.10 bits per heavy atom. The van der Waals surface area contributed by atoms with E-state index in [0.29, 0.717) is 11.7 Å². The van der Waals surface area contributed by atoms with E-state index in [4.69, 9.17) is 5.10 Å². The van der Waals surface area contributed by atoms with Gasteiger partial charge in [0, 0.05) is 61.8 Å². The number of piperidine rings is 1. The van der Waals surface area contributed by atoms with Crippen molar-refractivity contribution in [1.29, 1.82) is 0 Å². The highest BCUT2D eigenvalue weighted by molar-refractivity contribution is 5.94. The molecule has 2 aliphatic rings. The van der Waals surface area contributed by atoms with Crippen LogP contribution >= 0.6 is 0 Å². The van der Waals surface area contributed by atoms with Gasteiger partial charge in [0.15, 0.2) is 5.69 Å². The van der Waals surface area contributed by atoms with Crippen LogP contribution in [-0.4, -0.2) is 51.2 Å². The molecule has 0 spiro atoms. The predicted molar refractivity (Wildman–Crippen MR) is 114 cm³/mol. The average molecular weight is 396 g/mol. The molecule has 1 aliphatic heterocycles. The fourth-order valence-electron chi connectivity index (χ4n) is 4.63. The van der Waals surface area contributed by atoms with E-state index < -0.39 is 0 Å². The zero-order valence-corrected chi connectivity index (χ0v) is 17.6. The lowest BCUT2D eigenvalue weighted by Crippen LogP contribution is -2.38. The molecule has 1 atom stereocenters. The third kappa shape index (κ3) is 4.69. The number of likely N-dealkylation sites (tertiary alicyclic amines) is 1. The summed E-state index contributed by atoms with van der Waals surface area (Å²) in [5.74, 6) is 0.143. The number of pyridine rings is 1. The van der Waals surface area contributed by atoms with Gasteiger partial charge in [0.05, 0.1) is 0 Å². The minimum absolute atomic E-state index is 0.143. The van der Waals surface area contributed by atoms with Crippen LogP contribution in [0.25, 0.3) is 0 Å². The molecule has 1 aliphatic carbocycles. The van der Waals surface area contributed by atoms with Crippen LogP contribution in [0.4, 0.5) is 0 Å². The summed E-state index contributed by atoms with van der Waals surface area (Å²) in [6.07, 6.45) is 10.3. The quantitative estimate of drug-likeness (QED) is 0.783. The van der Waals surface area contributed by atoms with Crippen molar-refractivity contribution in [3.8, 4) is 0 Å². The van der Waals surface area contributed by atoms with Gasteiger partial charge in [-0.2, -0.15) is 5.10 Å². The van der Waals surface area contributed by atoms with E-state index in [2.05, 4.69) is 28.0 Å². The van der Waals surface area contributed by atoms with Gasteiger partial charge in [-0.05, 0) is 57.1 Å². The third-order valence-corrected chi connectivity index (χ3v) is 6.17. The lowest BCUT2D eigenvalue weighted by atomic mass is 9.90. The van der Waals surface area contributed by atoms with Crippen molar-refractivity contribution < 1.29 is 4.79 Å². The second-order valence-corrected chi connectivity index (χ2v) is 8.31. The Kier molecular flexibility index (Phi) is 6.60. The number of hydrogen-bond acceptors (Lipinski definition) is 4. The number of carbonyl (C=O) groups excluding carboxylic acids is 1. The van der Waals surface area contributed by atoms with E-state index >= 15 is 0 Å². The van der Waals surface area contributed by atoms with Gasteiger partial charge >= 0.3 is 0 Å². The smallest absolute Gasteiger partial charge is 0.274 e. The van der Waals surface area contributed by atoms with Gasteiger partial charge in [0.1, 0.15) is 0 Å². The van der Waals surface area contributed by atoms with Crippen LogP contribution in [0.3, 0.4) is 0 Å². The highest BCUT2D eigenvalue weighted by Gasteiger charge is 2.31. The molecule has 6 nitrogen and oxygen atoms in total. The third-order valence-electron chi connectivity index (χ3n) is 6.17. The average Bonchev–Trinajstić information content (AvgIpc) is 3.13. The molecule has 1 N–H and O–H groups in total. The Morgan fingerprint density at radius 1 is 1.24 bits per heavy atom. The van der Waals surface area contributed by atoms with Gasteiger partial charge in [-0.1, -0.05) is 13.0 Å². The minimum Gasteiger partial charge on any atom is -0.337 e. The normalized spacial score (nSPS) is 19.2. The molecule has 1 amide bonds. The zero-order chi connectivity index (χ0) is 20.1. The Hall–Kier alpha value is -2.21. The van der Waals surface area contributed by atoms with Crippen molar-refractivity contribution in [1.82, 2.24) is 25.0 Å². The molecule has 1 fully saturated rings. The molecule has 0 aromatic carbocycles. The number of nitrogens with zero attached hydrogens (tertiary/aromatic N) is 4. The van der Waals surface area contributed by atoms with E-state index in [1.165, 1.54) is 17.7 Å². The summed E-state index contributed by atoms with van der Waals surface area (Å²) in [6.45, 7) is 5.73. The van der Waals surface area contributed by atoms with Crippen LogP contribution < -0.4 is 5.32 Å². The zero-order valence-electron chi connectivity index (χ0n) is 17.6. The Labute approximate surface area is 173 Å². The van der Waals surface area contributed by atoms with Crippen molar-refractivity contribution in [3.63, 3.8) is 0 Å². The van der Waals surface area contributed by atoms with Crippen molar-refractivity contribution in [2.24, 2.45) is 0 Å². The van der Waals surface area contributed by atoms with Crippen molar-refractivity contribution in [2.45, 2.75) is 70.9 Å². The first-order valence-electron chi connectivity index (χ1n) is 11.3. The second-order valence-electron chi connectivity index (χ2n) is 8.31. The lowest BCUT2D eigenvalue weighted by molar-refractivity contribution is 0.0716. The van der Waals surface area contributed by atoms with Gasteiger partial charge < -0.3 is 10.2 Å². The summed E-state index contributed by atoms with van der Waals surface area (Å²) in [7, 11) is 0. The molecule has 0 saturated carbocycles. The second kappa shape index (κ2) is 9.53. The highest BCUT2D eigenvalue weighted by atomic mass is 16.2. The van der Waals surface area contributed by atoms with Crippen molar-refractivity contribution in [3.05, 3.63) is 47.0 Å². The number of aryl methyl sites for hydroxylation is 1. The maximum Gasteiger partial charge on any atom is 0.274 e. The van der Waals surface area contributed by atoms with Crippen LogP contribution in [0.2, 0.25) is 0 Å². The van der Waals surface area contributed by atoms with Gasteiger partial charge in [0.25, 0.3) is 5.91 Å². The molecule has 156 valence electrons. The molecule has 2 aromatic rings. The molecule has 2 aromatic heterocycles. The van der Waals surface area contributed by atoms with E-state index in [1.54, 1.807) is 0 Å². The lowest BCUT2D eigenvalue weighted by Gasteiger charge is -2.27. The molecular weight excluding hydrogens is 362 g/mol. The van der Waals surface area contributed by atoms with E-state index in [-0.39, 0.29) is 5.91 Å². The largest absolute Gasteiger partial charge is 0.337 e. The fraction of sp³-hybridized carbons (Fsp3) is 0.609. The number of amides is 1. The Balaban J connectivity index is 1.45. The van der Waals surface area contributed by atoms with Gasteiger partial charge in [-0.25, -0.2) is 0 Å². The Morgan fingerprint density at radius 3 is 2.86 bits per heavy atom. The monoisotopic (exact) mass is 395 g/mol. The van der Waals surface area contributed by atoms with Crippen LogP contribution in [-0.2, 0) is 25.8 Å². The van der Waals surface area contributed by atoms with E-state index in [1.807, 2.05) is 23.2 Å². The molecule has 29 heavy (non-hydrogen) atoms. The molecule has 3 heterocycles. The van der Waals surface area contributed by atoms with Crippen LogP contribution in [0.5, 0.6) is 0 Å². The minimum atomic E-state index is 0.143. The summed E-state index contributed by atoms with van der Waals surface area (Å²) in [5.41, 5.74) is 4.31. The maximum atomic E-state index is 13.2. The summed E-state index contributed by atoms with van der Waals surface area (Å²) in [4.78, 5) is 19.6. The number of carbonyl (C=O) groups is 1. The van der Waals surface area contributed by atoms with Crippen molar-refractivity contribution >= 4 is 5.91 Å². The van der Waals surface area contributed by atoms with Gasteiger partial charge in [0.2, 0.25) is 0 Å². The summed E-state index contributed by atoms with van der Waals surface area (Å²) < 4.78 is 2.11. The maximum absolute atomic E-state index is 13.2. The molecule has 0 radical (unpaired) electrons. The van der Waals surface area contributed by atoms with E-state index in [9.17, 15) is 4.79 Å². The summed E-state index contributed by atoms with van der Waals surface area (Å²) in [6, 6.07) is 6.47. The topological polar surface area (TPSA) is 63.1 Å². The SMILES string of the molecule is CCCn1nc(C(=O)N2CCCCC2)c2c1CCC(NCCc1ccccn1)C2. The van der Waals surface area contributed by atoms with Crippen molar-refractivity contribution in [2.75, 3.05) is 19.6 Å². The first kappa shape index (κ1) is 20.1. The first-order valence-corrected chi connectivity index (χ1v) is 11.3.